The lowest BCUT2D eigenvalue weighted by molar-refractivity contribution is 0.369. The molecule has 0 saturated heterocycles. The highest BCUT2D eigenvalue weighted by Gasteiger charge is 2.06. The number of ether oxygens (including phenoxy) is 1. The summed E-state index contributed by atoms with van der Waals surface area (Å²) in [6, 6.07) is 9.46. The molecule has 2 nitrogen and oxygen atoms in total. The van der Waals surface area contributed by atoms with E-state index in [0.717, 1.165) is 17.5 Å². The lowest BCUT2D eigenvalue weighted by Gasteiger charge is -2.05. The van der Waals surface area contributed by atoms with E-state index in [-0.39, 0.29) is 5.88 Å². The summed E-state index contributed by atoms with van der Waals surface area (Å²) in [7, 11) is 1.40. The van der Waals surface area contributed by atoms with Crippen molar-refractivity contribution in [2.45, 2.75) is 13.3 Å². The predicted octanol–water partition coefficient (Wildman–Crippen LogP) is 3.46. The van der Waals surface area contributed by atoms with Crippen molar-refractivity contribution < 1.29 is 9.13 Å². The van der Waals surface area contributed by atoms with E-state index in [1.165, 1.54) is 18.7 Å². The van der Waals surface area contributed by atoms with E-state index in [1.807, 2.05) is 24.3 Å². The highest BCUT2D eigenvalue weighted by atomic mass is 19.1. The van der Waals surface area contributed by atoms with E-state index < -0.39 is 5.82 Å². The van der Waals surface area contributed by atoms with Gasteiger partial charge in [0.25, 0.3) is 0 Å². The third-order valence-corrected chi connectivity index (χ3v) is 2.70. The van der Waals surface area contributed by atoms with Crippen LogP contribution < -0.4 is 4.74 Å². The molecule has 1 aromatic carbocycles. The Kier molecular flexibility index (Phi) is 3.38. The van der Waals surface area contributed by atoms with Crippen molar-refractivity contribution in [2.75, 3.05) is 7.11 Å². The molecule has 1 aromatic heterocycles. The van der Waals surface area contributed by atoms with E-state index >= 15 is 0 Å². The first-order valence-electron chi connectivity index (χ1n) is 5.53. The third kappa shape index (κ3) is 2.44. The van der Waals surface area contributed by atoms with Crippen LogP contribution in [-0.4, -0.2) is 12.1 Å². The molecule has 0 atom stereocenters. The first kappa shape index (κ1) is 11.6. The van der Waals surface area contributed by atoms with Crippen molar-refractivity contribution in [3.8, 4) is 17.0 Å². The highest BCUT2D eigenvalue weighted by molar-refractivity contribution is 5.63. The fourth-order valence-corrected chi connectivity index (χ4v) is 1.67. The number of benzene rings is 1. The fourth-order valence-electron chi connectivity index (χ4n) is 1.67. The maximum absolute atomic E-state index is 13.5. The largest absolute Gasteiger partial charge is 0.479 e. The Hall–Kier alpha value is -1.90. The summed E-state index contributed by atoms with van der Waals surface area (Å²) in [6.45, 7) is 2.10. The highest BCUT2D eigenvalue weighted by Crippen LogP contribution is 2.23. The van der Waals surface area contributed by atoms with Crippen LogP contribution >= 0.6 is 0 Å². The van der Waals surface area contributed by atoms with Gasteiger partial charge in [-0.15, -0.1) is 0 Å². The van der Waals surface area contributed by atoms with Crippen LogP contribution in [0.3, 0.4) is 0 Å². The topological polar surface area (TPSA) is 22.1 Å². The van der Waals surface area contributed by atoms with Gasteiger partial charge in [0, 0.05) is 11.8 Å². The molecule has 0 N–H and O–H groups in total. The molecule has 1 heterocycles. The van der Waals surface area contributed by atoms with E-state index in [1.54, 1.807) is 6.20 Å². The van der Waals surface area contributed by atoms with Gasteiger partial charge in [0.1, 0.15) is 0 Å². The zero-order valence-corrected chi connectivity index (χ0v) is 9.90. The van der Waals surface area contributed by atoms with Crippen LogP contribution in [-0.2, 0) is 6.42 Å². The van der Waals surface area contributed by atoms with Crippen LogP contribution in [0.4, 0.5) is 4.39 Å². The second kappa shape index (κ2) is 4.95. The molecule has 17 heavy (non-hydrogen) atoms. The molecule has 2 aromatic rings. The molecule has 88 valence electrons. The SMILES string of the molecule is CCc1ccc(-c2cnc(OC)c(F)c2)cc1. The van der Waals surface area contributed by atoms with E-state index in [2.05, 4.69) is 11.9 Å². The number of hydrogen-bond acceptors (Lipinski definition) is 2. The van der Waals surface area contributed by atoms with Crippen LogP contribution in [0.15, 0.2) is 36.5 Å². The average Bonchev–Trinajstić information content (AvgIpc) is 2.39. The number of hydrogen-bond donors (Lipinski definition) is 0. The molecule has 0 saturated carbocycles. The number of rotatable bonds is 3. The van der Waals surface area contributed by atoms with Gasteiger partial charge in [-0.25, -0.2) is 9.37 Å². The monoisotopic (exact) mass is 231 g/mol. The number of pyridine rings is 1. The summed E-state index contributed by atoms with van der Waals surface area (Å²) in [5, 5.41) is 0. The first-order chi connectivity index (χ1) is 8.24. The average molecular weight is 231 g/mol. The molecule has 0 bridgehead atoms. The van der Waals surface area contributed by atoms with Crippen LogP contribution in [0, 0.1) is 5.82 Å². The number of nitrogens with zero attached hydrogens (tertiary/aromatic N) is 1. The van der Waals surface area contributed by atoms with Crippen LogP contribution in [0.2, 0.25) is 0 Å². The maximum atomic E-state index is 13.5. The van der Waals surface area contributed by atoms with Crippen LogP contribution in [0.1, 0.15) is 12.5 Å². The minimum absolute atomic E-state index is 0.0268. The molecular weight excluding hydrogens is 217 g/mol. The van der Waals surface area contributed by atoms with Crippen LogP contribution in [0.25, 0.3) is 11.1 Å². The second-order valence-electron chi connectivity index (χ2n) is 3.77. The summed E-state index contributed by atoms with van der Waals surface area (Å²) in [4.78, 5) is 3.92. The Morgan fingerprint density at radius 3 is 2.41 bits per heavy atom. The van der Waals surface area contributed by atoms with E-state index in [0.29, 0.717) is 0 Å². The summed E-state index contributed by atoms with van der Waals surface area (Å²) < 4.78 is 18.3. The van der Waals surface area contributed by atoms with Gasteiger partial charge >= 0.3 is 0 Å². The van der Waals surface area contributed by atoms with Crippen LogP contribution in [0.5, 0.6) is 5.88 Å². The van der Waals surface area contributed by atoms with Crippen molar-refractivity contribution in [1.29, 1.82) is 0 Å². The Bertz CT molecular complexity index is 508. The zero-order valence-electron chi connectivity index (χ0n) is 9.90. The van der Waals surface area contributed by atoms with Gasteiger partial charge in [0.2, 0.25) is 5.88 Å². The van der Waals surface area contributed by atoms with Gasteiger partial charge < -0.3 is 4.74 Å². The lowest BCUT2D eigenvalue weighted by Crippen LogP contribution is -1.92. The number of halogens is 1. The fraction of sp³-hybridized carbons (Fsp3) is 0.214. The normalized spacial score (nSPS) is 10.3. The Labute approximate surface area is 100 Å². The summed E-state index contributed by atoms with van der Waals surface area (Å²) in [5.41, 5.74) is 2.97. The van der Waals surface area contributed by atoms with Gasteiger partial charge in [-0.2, -0.15) is 0 Å². The van der Waals surface area contributed by atoms with Crippen molar-refractivity contribution in [2.24, 2.45) is 0 Å². The van der Waals surface area contributed by atoms with Gasteiger partial charge in [0.15, 0.2) is 5.82 Å². The van der Waals surface area contributed by atoms with E-state index in [4.69, 9.17) is 4.74 Å². The molecule has 0 aliphatic carbocycles. The van der Waals surface area contributed by atoms with Gasteiger partial charge in [0.05, 0.1) is 7.11 Å². The smallest absolute Gasteiger partial charge is 0.250 e. The predicted molar refractivity (Wildman–Crippen MR) is 65.6 cm³/mol. The van der Waals surface area contributed by atoms with Gasteiger partial charge in [-0.3, -0.25) is 0 Å². The number of aryl methyl sites for hydroxylation is 1. The number of aromatic nitrogens is 1. The molecule has 0 aliphatic heterocycles. The lowest BCUT2D eigenvalue weighted by atomic mass is 10.0. The summed E-state index contributed by atoms with van der Waals surface area (Å²) in [5.74, 6) is -0.413. The molecule has 2 rings (SSSR count). The van der Waals surface area contributed by atoms with E-state index in [9.17, 15) is 4.39 Å². The number of methoxy groups -OCH3 is 1. The van der Waals surface area contributed by atoms with Gasteiger partial charge in [-0.1, -0.05) is 31.2 Å². The zero-order chi connectivity index (χ0) is 12.3. The first-order valence-corrected chi connectivity index (χ1v) is 5.53. The Morgan fingerprint density at radius 1 is 1.18 bits per heavy atom. The third-order valence-electron chi connectivity index (χ3n) is 2.70. The maximum Gasteiger partial charge on any atom is 0.250 e. The summed E-state index contributed by atoms with van der Waals surface area (Å²) >= 11 is 0. The molecule has 0 unspecified atom stereocenters. The Morgan fingerprint density at radius 2 is 1.88 bits per heavy atom. The molecule has 0 fully saturated rings. The quantitative estimate of drug-likeness (QED) is 0.807. The molecular formula is C14H14FNO. The molecule has 0 aliphatic rings. The molecule has 0 amide bonds. The van der Waals surface area contributed by atoms with Crippen molar-refractivity contribution in [1.82, 2.24) is 4.98 Å². The minimum atomic E-state index is -0.440. The minimum Gasteiger partial charge on any atom is -0.479 e. The standard InChI is InChI=1S/C14H14FNO/c1-3-10-4-6-11(7-5-10)12-8-13(15)14(17-2)16-9-12/h4-9H,3H2,1-2H3. The summed E-state index contributed by atoms with van der Waals surface area (Å²) in [6.07, 6.45) is 2.61. The van der Waals surface area contributed by atoms with Crippen molar-refractivity contribution >= 4 is 0 Å². The van der Waals surface area contributed by atoms with Crippen molar-refractivity contribution in [3.05, 3.63) is 47.9 Å². The molecule has 3 heteroatoms. The second-order valence-corrected chi connectivity index (χ2v) is 3.77. The molecule has 0 spiro atoms. The van der Waals surface area contributed by atoms with Crippen molar-refractivity contribution in [3.63, 3.8) is 0 Å². The van der Waals surface area contributed by atoms with Gasteiger partial charge in [-0.05, 0) is 23.6 Å². The molecule has 0 radical (unpaired) electrons. The Balaban J connectivity index is 2.35.